The van der Waals surface area contributed by atoms with Crippen molar-refractivity contribution in [2.24, 2.45) is 10.7 Å². The van der Waals surface area contributed by atoms with Gasteiger partial charge in [0.25, 0.3) is 6.02 Å². The lowest BCUT2D eigenvalue weighted by molar-refractivity contribution is 0.278. The maximum Gasteiger partial charge on any atom is 0.282 e. The molecule has 1 unspecified atom stereocenters. The minimum Gasteiger partial charge on any atom is -0.463 e. The van der Waals surface area contributed by atoms with Gasteiger partial charge in [0, 0.05) is 0 Å². The Bertz CT molecular complexity index is 148. The van der Waals surface area contributed by atoms with Crippen LogP contribution < -0.4 is 5.73 Å². The number of hydrogen-bond donors (Lipinski definition) is 1. The molecule has 0 aliphatic carbocycles. The first-order chi connectivity index (χ1) is 4.16. The molecular weight excluding hydrogens is 140 g/mol. The van der Waals surface area contributed by atoms with Gasteiger partial charge < -0.3 is 10.5 Å². The number of aliphatic imine (C=N–C) groups is 1. The van der Waals surface area contributed by atoms with Gasteiger partial charge in [-0.25, -0.2) is 4.99 Å². The van der Waals surface area contributed by atoms with Crippen molar-refractivity contribution in [2.75, 3.05) is 12.5 Å². The summed E-state index contributed by atoms with van der Waals surface area (Å²) in [4.78, 5) is 3.98. The van der Waals surface area contributed by atoms with Crippen LogP contribution in [0.25, 0.3) is 0 Å². The highest BCUT2D eigenvalue weighted by Crippen LogP contribution is 2.17. The summed E-state index contributed by atoms with van der Waals surface area (Å²) in [6.07, 6.45) is 0. The summed E-state index contributed by atoms with van der Waals surface area (Å²) in [7, 11) is 0. The van der Waals surface area contributed by atoms with Crippen LogP contribution in [0, 0.1) is 0 Å². The number of hydrogen-bond acceptors (Lipinski definition) is 3. The quantitative estimate of drug-likeness (QED) is 0.545. The van der Waals surface area contributed by atoms with E-state index in [1.807, 2.05) is 6.92 Å². The molecule has 0 amide bonds. The van der Waals surface area contributed by atoms with Crippen LogP contribution in [0.4, 0.5) is 0 Å². The van der Waals surface area contributed by atoms with Crippen molar-refractivity contribution >= 4 is 17.6 Å². The van der Waals surface area contributed by atoms with Gasteiger partial charge in [0.05, 0.1) is 5.88 Å². The molecule has 1 aliphatic rings. The largest absolute Gasteiger partial charge is 0.463 e. The summed E-state index contributed by atoms with van der Waals surface area (Å²) in [6.45, 7) is 2.40. The van der Waals surface area contributed by atoms with Gasteiger partial charge in [-0.3, -0.25) is 0 Å². The fourth-order valence-corrected chi connectivity index (χ4v) is 0.765. The van der Waals surface area contributed by atoms with Crippen molar-refractivity contribution in [3.8, 4) is 0 Å². The van der Waals surface area contributed by atoms with Crippen molar-refractivity contribution in [3.05, 3.63) is 0 Å². The van der Waals surface area contributed by atoms with E-state index in [4.69, 9.17) is 22.1 Å². The number of rotatable bonds is 1. The van der Waals surface area contributed by atoms with Gasteiger partial charge >= 0.3 is 0 Å². The summed E-state index contributed by atoms with van der Waals surface area (Å²) in [6, 6.07) is 0.248. The Hall–Kier alpha value is -0.440. The van der Waals surface area contributed by atoms with E-state index < -0.39 is 0 Å². The second-order valence-corrected chi connectivity index (χ2v) is 2.64. The molecule has 52 valence electrons. The predicted octanol–water partition coefficient (Wildman–Crippen LogP) is 0.329. The average molecular weight is 149 g/mol. The van der Waals surface area contributed by atoms with Crippen molar-refractivity contribution in [2.45, 2.75) is 12.5 Å². The van der Waals surface area contributed by atoms with Crippen LogP contribution in [0.5, 0.6) is 0 Å². The van der Waals surface area contributed by atoms with Crippen LogP contribution in [0.3, 0.4) is 0 Å². The van der Waals surface area contributed by atoms with E-state index in [1.54, 1.807) is 0 Å². The maximum atomic E-state index is 5.57. The number of alkyl halides is 1. The molecule has 0 saturated carbocycles. The first-order valence-electron chi connectivity index (χ1n) is 2.70. The van der Waals surface area contributed by atoms with Crippen LogP contribution in [0.1, 0.15) is 6.92 Å². The maximum absolute atomic E-state index is 5.57. The molecule has 0 radical (unpaired) electrons. The van der Waals surface area contributed by atoms with Gasteiger partial charge in [-0.15, -0.1) is 11.6 Å². The SMILES string of the molecule is CC1(CCl)COC(N)=N1. The molecule has 1 rings (SSSR count). The highest BCUT2D eigenvalue weighted by atomic mass is 35.5. The molecule has 1 atom stereocenters. The predicted molar refractivity (Wildman–Crippen MR) is 36.7 cm³/mol. The first-order valence-corrected chi connectivity index (χ1v) is 3.24. The van der Waals surface area contributed by atoms with Crippen molar-refractivity contribution < 1.29 is 4.74 Å². The minimum absolute atomic E-state index is 0.248. The molecule has 0 aromatic heterocycles. The van der Waals surface area contributed by atoms with Gasteiger partial charge in [-0.05, 0) is 6.92 Å². The van der Waals surface area contributed by atoms with Crippen molar-refractivity contribution in [1.29, 1.82) is 0 Å². The fourth-order valence-electron chi connectivity index (χ4n) is 0.628. The molecule has 3 nitrogen and oxygen atoms in total. The highest BCUT2D eigenvalue weighted by molar-refractivity contribution is 6.18. The molecule has 0 aromatic rings. The van der Waals surface area contributed by atoms with E-state index in [0.717, 1.165) is 0 Å². The summed E-state index contributed by atoms with van der Waals surface area (Å²) in [5.41, 5.74) is 4.97. The highest BCUT2D eigenvalue weighted by Gasteiger charge is 2.29. The Morgan fingerprint density at radius 1 is 2.00 bits per heavy atom. The van der Waals surface area contributed by atoms with E-state index in [-0.39, 0.29) is 11.6 Å². The molecular formula is C5H9ClN2O. The lowest BCUT2D eigenvalue weighted by atomic mass is 10.1. The second kappa shape index (κ2) is 2.06. The van der Waals surface area contributed by atoms with E-state index in [1.165, 1.54) is 0 Å². The van der Waals surface area contributed by atoms with Gasteiger partial charge in [-0.2, -0.15) is 0 Å². The number of nitrogens with zero attached hydrogens (tertiary/aromatic N) is 1. The molecule has 4 heteroatoms. The molecule has 0 fully saturated rings. The lowest BCUT2D eigenvalue weighted by Gasteiger charge is -2.11. The third-order valence-electron chi connectivity index (χ3n) is 1.20. The number of amidine groups is 1. The van der Waals surface area contributed by atoms with Gasteiger partial charge in [0.2, 0.25) is 0 Å². The molecule has 0 saturated heterocycles. The molecule has 1 aliphatic heterocycles. The first kappa shape index (κ1) is 6.68. The van der Waals surface area contributed by atoms with Crippen LogP contribution in [0.2, 0.25) is 0 Å². The zero-order valence-electron chi connectivity index (χ0n) is 5.22. The van der Waals surface area contributed by atoms with Gasteiger partial charge in [0.1, 0.15) is 12.1 Å². The lowest BCUT2D eigenvalue weighted by Crippen LogP contribution is -2.25. The smallest absolute Gasteiger partial charge is 0.282 e. The Balaban J connectivity index is 2.64. The normalized spacial score (nSPS) is 33.8. The Morgan fingerprint density at radius 3 is 2.89 bits per heavy atom. The number of ether oxygens (including phenoxy) is 1. The van der Waals surface area contributed by atoms with Gasteiger partial charge in [-0.1, -0.05) is 0 Å². The van der Waals surface area contributed by atoms with Crippen molar-refractivity contribution in [3.63, 3.8) is 0 Å². The fraction of sp³-hybridized carbons (Fsp3) is 0.800. The topological polar surface area (TPSA) is 47.6 Å². The van der Waals surface area contributed by atoms with Crippen LogP contribution in [-0.4, -0.2) is 24.0 Å². The molecule has 2 N–H and O–H groups in total. The number of nitrogens with two attached hydrogens (primary N) is 1. The second-order valence-electron chi connectivity index (χ2n) is 2.37. The van der Waals surface area contributed by atoms with E-state index in [0.29, 0.717) is 12.5 Å². The van der Waals surface area contributed by atoms with E-state index in [9.17, 15) is 0 Å². The third-order valence-corrected chi connectivity index (χ3v) is 1.77. The summed E-state index contributed by atoms with van der Waals surface area (Å²) < 4.78 is 4.90. The third kappa shape index (κ3) is 1.27. The zero-order chi connectivity index (χ0) is 6.91. The zero-order valence-corrected chi connectivity index (χ0v) is 5.98. The van der Waals surface area contributed by atoms with E-state index in [2.05, 4.69) is 4.99 Å². The minimum atomic E-state index is -0.286. The molecule has 0 bridgehead atoms. The van der Waals surface area contributed by atoms with Crippen molar-refractivity contribution in [1.82, 2.24) is 0 Å². The molecule has 0 aromatic carbocycles. The summed E-state index contributed by atoms with van der Waals surface area (Å²) >= 11 is 5.57. The summed E-state index contributed by atoms with van der Waals surface area (Å²) in [5, 5.41) is 0. The van der Waals surface area contributed by atoms with Gasteiger partial charge in [0.15, 0.2) is 0 Å². The summed E-state index contributed by atoms with van der Waals surface area (Å²) in [5.74, 6) is 0.452. The molecule has 0 spiro atoms. The Kier molecular flexibility index (Phi) is 1.53. The Labute approximate surface area is 58.8 Å². The van der Waals surface area contributed by atoms with Crippen LogP contribution in [0.15, 0.2) is 4.99 Å². The van der Waals surface area contributed by atoms with E-state index >= 15 is 0 Å². The number of halogens is 1. The average Bonchev–Trinajstić information content (AvgIpc) is 2.13. The molecule has 9 heavy (non-hydrogen) atoms. The standard InChI is InChI=1S/C5H9ClN2O/c1-5(2-6)3-9-4(7)8-5/h2-3H2,1H3,(H2,7,8). The van der Waals surface area contributed by atoms with Crippen LogP contribution in [-0.2, 0) is 4.74 Å². The van der Waals surface area contributed by atoms with Crippen LogP contribution >= 0.6 is 11.6 Å². The monoisotopic (exact) mass is 148 g/mol. The Morgan fingerprint density at radius 2 is 2.67 bits per heavy atom. The molecule has 1 heterocycles.